The monoisotopic (exact) mass is 350 g/mol. The molecule has 3 rings (SSSR count). The van der Waals surface area contributed by atoms with Gasteiger partial charge in [0.2, 0.25) is 0 Å². The molecule has 2 heterocycles. The lowest BCUT2D eigenvalue weighted by Crippen LogP contribution is -2.27. The summed E-state index contributed by atoms with van der Waals surface area (Å²) in [5.74, 6) is 0. The average Bonchev–Trinajstić information content (AvgIpc) is 3.11. The van der Waals surface area contributed by atoms with Crippen molar-refractivity contribution in [2.75, 3.05) is 0 Å². The van der Waals surface area contributed by atoms with Crippen LogP contribution in [-0.2, 0) is 6.54 Å². The molecular formula is C15H19BrN4O. The molecule has 5 nitrogen and oxygen atoms in total. The Kier molecular flexibility index (Phi) is 3.97. The van der Waals surface area contributed by atoms with Crippen LogP contribution < -0.4 is 5.69 Å². The van der Waals surface area contributed by atoms with Gasteiger partial charge in [-0.05, 0) is 48.7 Å². The number of hydrogen-bond acceptors (Lipinski definition) is 3. The summed E-state index contributed by atoms with van der Waals surface area (Å²) < 4.78 is 4.61. The Labute approximate surface area is 132 Å². The first-order valence-corrected chi connectivity index (χ1v) is 8.13. The van der Waals surface area contributed by atoms with E-state index >= 15 is 0 Å². The Hall–Kier alpha value is -1.43. The maximum absolute atomic E-state index is 12.1. The van der Waals surface area contributed by atoms with Gasteiger partial charge in [0.15, 0.2) is 0 Å². The van der Waals surface area contributed by atoms with E-state index in [-0.39, 0.29) is 5.69 Å². The SMILES string of the molecule is Cc1nc(=O)n(Cc2ccn(C3CCCC3)n2)c(C)c1Br. The summed E-state index contributed by atoms with van der Waals surface area (Å²) in [5.41, 5.74) is 2.31. The van der Waals surface area contributed by atoms with E-state index in [2.05, 4.69) is 30.7 Å². The van der Waals surface area contributed by atoms with E-state index in [0.29, 0.717) is 12.6 Å². The average molecular weight is 351 g/mol. The second-order valence-electron chi connectivity index (χ2n) is 5.69. The highest BCUT2D eigenvalue weighted by atomic mass is 79.9. The van der Waals surface area contributed by atoms with E-state index in [1.807, 2.05) is 26.1 Å². The molecule has 2 aromatic heterocycles. The molecular weight excluding hydrogens is 332 g/mol. The van der Waals surface area contributed by atoms with Gasteiger partial charge in [0, 0.05) is 11.9 Å². The summed E-state index contributed by atoms with van der Waals surface area (Å²) in [6.45, 7) is 4.22. The molecule has 0 amide bonds. The molecule has 2 aromatic rings. The minimum absolute atomic E-state index is 0.219. The number of nitrogens with zero attached hydrogens (tertiary/aromatic N) is 4. The van der Waals surface area contributed by atoms with Crippen LogP contribution in [0.25, 0.3) is 0 Å². The van der Waals surface area contributed by atoms with Crippen molar-refractivity contribution in [2.45, 2.75) is 52.1 Å². The summed E-state index contributed by atoms with van der Waals surface area (Å²) in [6.07, 6.45) is 7.01. The number of aromatic nitrogens is 4. The third kappa shape index (κ3) is 2.81. The zero-order chi connectivity index (χ0) is 15.0. The first-order valence-electron chi connectivity index (χ1n) is 7.34. The predicted octanol–water partition coefficient (Wildman–Crippen LogP) is 2.98. The smallest absolute Gasteiger partial charge is 0.289 e. The van der Waals surface area contributed by atoms with Gasteiger partial charge >= 0.3 is 5.69 Å². The Morgan fingerprint density at radius 3 is 2.76 bits per heavy atom. The van der Waals surface area contributed by atoms with Crippen molar-refractivity contribution < 1.29 is 0 Å². The molecule has 0 N–H and O–H groups in total. The minimum Gasteiger partial charge on any atom is -0.289 e. The Morgan fingerprint density at radius 2 is 2.05 bits per heavy atom. The van der Waals surface area contributed by atoms with Crippen molar-refractivity contribution in [3.8, 4) is 0 Å². The Morgan fingerprint density at radius 1 is 1.33 bits per heavy atom. The maximum Gasteiger partial charge on any atom is 0.348 e. The topological polar surface area (TPSA) is 52.7 Å². The molecule has 1 aliphatic rings. The molecule has 0 atom stereocenters. The van der Waals surface area contributed by atoms with Gasteiger partial charge < -0.3 is 0 Å². The lowest BCUT2D eigenvalue weighted by atomic mass is 10.3. The number of aryl methyl sites for hydroxylation is 1. The first-order chi connectivity index (χ1) is 10.1. The van der Waals surface area contributed by atoms with Crippen LogP contribution in [0.5, 0.6) is 0 Å². The third-order valence-electron chi connectivity index (χ3n) is 4.22. The van der Waals surface area contributed by atoms with Gasteiger partial charge in [-0.2, -0.15) is 10.1 Å². The van der Waals surface area contributed by atoms with Crippen molar-refractivity contribution in [3.63, 3.8) is 0 Å². The highest BCUT2D eigenvalue weighted by Gasteiger charge is 2.18. The third-order valence-corrected chi connectivity index (χ3v) is 5.36. The van der Waals surface area contributed by atoms with Crippen LogP contribution in [0.1, 0.15) is 48.8 Å². The standard InChI is InChI=1S/C15H19BrN4O/c1-10-14(16)11(2)19(15(21)17-10)9-12-7-8-20(18-12)13-5-3-4-6-13/h7-8,13H,3-6,9H2,1-2H3. The molecule has 0 aromatic carbocycles. The maximum atomic E-state index is 12.1. The molecule has 1 fully saturated rings. The van der Waals surface area contributed by atoms with E-state index in [1.54, 1.807) is 4.57 Å². The zero-order valence-electron chi connectivity index (χ0n) is 12.3. The number of halogens is 1. The highest BCUT2D eigenvalue weighted by molar-refractivity contribution is 9.10. The lowest BCUT2D eigenvalue weighted by Gasteiger charge is -2.11. The van der Waals surface area contributed by atoms with Crippen LogP contribution in [0.3, 0.4) is 0 Å². The lowest BCUT2D eigenvalue weighted by molar-refractivity contribution is 0.461. The van der Waals surface area contributed by atoms with E-state index in [4.69, 9.17) is 0 Å². The van der Waals surface area contributed by atoms with E-state index in [9.17, 15) is 4.79 Å². The van der Waals surface area contributed by atoms with Gasteiger partial charge in [-0.15, -0.1) is 0 Å². The fourth-order valence-corrected chi connectivity index (χ4v) is 3.26. The second kappa shape index (κ2) is 5.75. The van der Waals surface area contributed by atoms with Gasteiger partial charge in [-0.3, -0.25) is 9.25 Å². The molecule has 112 valence electrons. The second-order valence-corrected chi connectivity index (χ2v) is 6.48. The van der Waals surface area contributed by atoms with Gasteiger partial charge in [0.1, 0.15) is 0 Å². The number of hydrogen-bond donors (Lipinski definition) is 0. The van der Waals surface area contributed by atoms with Crippen LogP contribution in [0, 0.1) is 13.8 Å². The molecule has 1 saturated carbocycles. The molecule has 0 bridgehead atoms. The van der Waals surface area contributed by atoms with Crippen molar-refractivity contribution in [2.24, 2.45) is 0 Å². The van der Waals surface area contributed by atoms with Crippen molar-refractivity contribution in [1.29, 1.82) is 0 Å². The van der Waals surface area contributed by atoms with Crippen LogP contribution in [0.4, 0.5) is 0 Å². The fourth-order valence-electron chi connectivity index (χ4n) is 2.96. The summed E-state index contributed by atoms with van der Waals surface area (Å²) in [5, 5.41) is 4.64. The molecule has 0 aliphatic heterocycles. The van der Waals surface area contributed by atoms with E-state index < -0.39 is 0 Å². The number of rotatable bonds is 3. The largest absolute Gasteiger partial charge is 0.348 e. The summed E-state index contributed by atoms with van der Waals surface area (Å²) in [4.78, 5) is 16.1. The van der Waals surface area contributed by atoms with Gasteiger partial charge in [0.05, 0.1) is 28.4 Å². The quantitative estimate of drug-likeness (QED) is 0.854. The molecule has 0 saturated heterocycles. The predicted molar refractivity (Wildman–Crippen MR) is 84.5 cm³/mol. The van der Waals surface area contributed by atoms with E-state index in [0.717, 1.165) is 21.6 Å². The summed E-state index contributed by atoms with van der Waals surface area (Å²) >= 11 is 3.49. The molecule has 0 spiro atoms. The van der Waals surface area contributed by atoms with Gasteiger partial charge in [-0.25, -0.2) is 4.79 Å². The van der Waals surface area contributed by atoms with Crippen molar-refractivity contribution in [3.05, 3.63) is 44.3 Å². The molecule has 6 heteroatoms. The van der Waals surface area contributed by atoms with Crippen molar-refractivity contribution in [1.82, 2.24) is 19.3 Å². The van der Waals surface area contributed by atoms with Crippen LogP contribution in [0.15, 0.2) is 21.5 Å². The van der Waals surface area contributed by atoms with Crippen LogP contribution in [0.2, 0.25) is 0 Å². The molecule has 1 aliphatic carbocycles. The summed E-state index contributed by atoms with van der Waals surface area (Å²) in [6, 6.07) is 2.53. The Bertz CT molecular complexity index is 713. The van der Waals surface area contributed by atoms with E-state index in [1.165, 1.54) is 25.7 Å². The van der Waals surface area contributed by atoms with Crippen molar-refractivity contribution >= 4 is 15.9 Å². The zero-order valence-corrected chi connectivity index (χ0v) is 13.9. The fraction of sp³-hybridized carbons (Fsp3) is 0.533. The minimum atomic E-state index is -0.219. The molecule has 0 radical (unpaired) electrons. The van der Waals surface area contributed by atoms with Crippen LogP contribution in [-0.4, -0.2) is 19.3 Å². The van der Waals surface area contributed by atoms with Crippen LogP contribution >= 0.6 is 15.9 Å². The highest BCUT2D eigenvalue weighted by Crippen LogP contribution is 2.28. The molecule has 0 unspecified atom stereocenters. The molecule has 21 heavy (non-hydrogen) atoms. The van der Waals surface area contributed by atoms with Gasteiger partial charge in [-0.1, -0.05) is 12.8 Å². The first kappa shape index (κ1) is 14.5. The Balaban J connectivity index is 1.87. The van der Waals surface area contributed by atoms with Gasteiger partial charge in [0.25, 0.3) is 0 Å². The summed E-state index contributed by atoms with van der Waals surface area (Å²) in [7, 11) is 0. The normalized spacial score (nSPS) is 15.8.